The van der Waals surface area contributed by atoms with Crippen molar-refractivity contribution in [2.45, 2.75) is 114 Å². The molecule has 4 N–H and O–H groups in total. The largest absolute Gasteiger partial charge is 0.493 e. The van der Waals surface area contributed by atoms with Crippen LogP contribution in [0.5, 0.6) is 46.0 Å². The highest BCUT2D eigenvalue weighted by molar-refractivity contribution is 5.86. The minimum atomic E-state index is 0. The zero-order chi connectivity index (χ0) is 47.6. The normalized spacial score (nSPS) is 19.3. The molecule has 0 saturated heterocycles. The molecule has 0 spiro atoms. The lowest BCUT2D eigenvalue weighted by Gasteiger charge is -2.33. The lowest BCUT2D eigenvalue weighted by molar-refractivity contribution is 0.278. The smallest absolute Gasteiger partial charge is 0.161 e. The molecule has 12 nitrogen and oxygen atoms in total. The van der Waals surface area contributed by atoms with Crippen LogP contribution in [0.4, 0.5) is 0 Å². The molecule has 16 heteroatoms. The van der Waals surface area contributed by atoms with Crippen LogP contribution in [0.2, 0.25) is 0 Å². The molecule has 4 aliphatic rings. The first kappa shape index (κ1) is 60.8. The fourth-order valence-corrected chi connectivity index (χ4v) is 11.9. The third-order valence-corrected chi connectivity index (χ3v) is 15.7. The number of halogens is 4. The second-order valence-corrected chi connectivity index (χ2v) is 19.3. The van der Waals surface area contributed by atoms with Gasteiger partial charge in [-0.2, -0.15) is 0 Å². The van der Waals surface area contributed by atoms with E-state index in [1.807, 2.05) is 0 Å². The summed E-state index contributed by atoms with van der Waals surface area (Å²) in [4.78, 5) is 0. The molecule has 8 rings (SSSR count). The van der Waals surface area contributed by atoms with Gasteiger partial charge in [-0.1, -0.05) is 12.8 Å². The lowest BCUT2D eigenvalue weighted by Crippen LogP contribution is -2.31. The molecular weight excluding hydrogens is 998 g/mol. The number of methoxy groups -OCH3 is 8. The van der Waals surface area contributed by atoms with Crippen molar-refractivity contribution in [3.8, 4) is 46.0 Å². The molecule has 0 radical (unpaired) electrons. The maximum absolute atomic E-state index is 5.81. The van der Waals surface area contributed by atoms with Gasteiger partial charge in [0.25, 0.3) is 0 Å². The van der Waals surface area contributed by atoms with Gasteiger partial charge >= 0.3 is 0 Å². The van der Waals surface area contributed by atoms with Crippen molar-refractivity contribution in [1.29, 1.82) is 0 Å². The molecule has 4 aliphatic heterocycles. The summed E-state index contributed by atoms with van der Waals surface area (Å²) < 4.78 is 46.2. The topological polar surface area (TPSA) is 122 Å². The Bertz CT molecular complexity index is 2010. The van der Waals surface area contributed by atoms with E-state index in [0.29, 0.717) is 11.8 Å². The van der Waals surface area contributed by atoms with Crippen molar-refractivity contribution in [2.24, 2.45) is 11.8 Å². The molecule has 0 aromatic heterocycles. The highest BCUT2D eigenvalue weighted by Gasteiger charge is 2.30. The number of fused-ring (bicyclic) bond motifs is 4. The number of ether oxygens (including phenoxy) is 8. The van der Waals surface area contributed by atoms with Gasteiger partial charge in [0.15, 0.2) is 46.0 Å². The highest BCUT2D eigenvalue weighted by atomic mass is 35.5. The Kier molecular flexibility index (Phi) is 24.8. The molecular formula is C56H82Cl4N4O8. The molecule has 0 bridgehead atoms. The van der Waals surface area contributed by atoms with Crippen molar-refractivity contribution < 1.29 is 37.9 Å². The van der Waals surface area contributed by atoms with E-state index in [1.165, 1.54) is 57.3 Å². The van der Waals surface area contributed by atoms with E-state index in [2.05, 4.69) is 69.8 Å². The van der Waals surface area contributed by atoms with Crippen LogP contribution in [-0.4, -0.2) is 83.1 Å². The Morgan fingerprint density at radius 2 is 0.514 bits per heavy atom. The summed E-state index contributed by atoms with van der Waals surface area (Å²) in [5.74, 6) is 7.53. The highest BCUT2D eigenvalue weighted by Crippen LogP contribution is 2.43. The average Bonchev–Trinajstić information content (AvgIpc) is 3.38. The first-order valence-corrected chi connectivity index (χ1v) is 25.2. The summed E-state index contributed by atoms with van der Waals surface area (Å²) in [6.07, 6.45) is 15.1. The number of hydrogen-bond acceptors (Lipinski definition) is 12. The minimum absolute atomic E-state index is 0. The van der Waals surface area contributed by atoms with E-state index in [9.17, 15) is 0 Å². The predicted octanol–water partition coefficient (Wildman–Crippen LogP) is 11.4. The van der Waals surface area contributed by atoms with Crippen molar-refractivity contribution in [3.63, 3.8) is 0 Å². The quantitative estimate of drug-likeness (QED) is 0.0566. The third kappa shape index (κ3) is 14.2. The number of rotatable bonds is 23. The molecule has 0 saturated carbocycles. The fraction of sp³-hybridized carbons (Fsp3) is 0.571. The second kappa shape index (κ2) is 29.4. The van der Waals surface area contributed by atoms with Crippen molar-refractivity contribution in [2.75, 3.05) is 83.1 Å². The summed E-state index contributed by atoms with van der Waals surface area (Å²) in [5.41, 5.74) is 10.8. The summed E-state index contributed by atoms with van der Waals surface area (Å²) in [5, 5.41) is 15.6. The zero-order valence-electron chi connectivity index (χ0n) is 43.7. The van der Waals surface area contributed by atoms with Crippen LogP contribution in [0.1, 0.15) is 133 Å². The Balaban J connectivity index is 0.00000281. The van der Waals surface area contributed by atoms with E-state index in [0.717, 1.165) is 149 Å². The number of nitrogens with one attached hydrogen (secondary N) is 4. The number of hydrogen-bond donors (Lipinski definition) is 4. The van der Waals surface area contributed by atoms with Gasteiger partial charge in [-0.15, -0.1) is 49.6 Å². The molecule has 0 aliphatic carbocycles. The molecule has 4 atom stereocenters. The van der Waals surface area contributed by atoms with Gasteiger partial charge in [-0.25, -0.2) is 0 Å². The van der Waals surface area contributed by atoms with E-state index < -0.39 is 0 Å². The van der Waals surface area contributed by atoms with Crippen LogP contribution in [0.25, 0.3) is 0 Å². The van der Waals surface area contributed by atoms with Gasteiger partial charge in [0.1, 0.15) is 0 Å². The van der Waals surface area contributed by atoms with E-state index in [1.54, 1.807) is 56.9 Å². The van der Waals surface area contributed by atoms with E-state index in [-0.39, 0.29) is 73.8 Å². The van der Waals surface area contributed by atoms with Gasteiger partial charge in [0.05, 0.1) is 56.9 Å². The monoisotopic (exact) mass is 1080 g/mol. The summed E-state index contributed by atoms with van der Waals surface area (Å²) >= 11 is 0. The molecule has 4 aromatic rings. The Morgan fingerprint density at radius 1 is 0.319 bits per heavy atom. The molecule has 0 fully saturated rings. The minimum Gasteiger partial charge on any atom is -0.493 e. The molecule has 72 heavy (non-hydrogen) atoms. The number of benzene rings is 4. The second-order valence-electron chi connectivity index (χ2n) is 19.3. The predicted molar refractivity (Wildman–Crippen MR) is 298 cm³/mol. The Labute approximate surface area is 454 Å². The SMILES string of the molecule is COc1cc2c(cc1OC)C(CCC(CCC(CCC1NCCc3cc(OC)c(OC)cc31)CCC1NCCc3cc(OC)c(OC)cc31)CCC1NCCc3cc(OC)c(OC)cc31)NCC2.Cl.Cl.Cl.Cl. The van der Waals surface area contributed by atoms with Gasteiger partial charge in [0.2, 0.25) is 0 Å². The van der Waals surface area contributed by atoms with Crippen molar-refractivity contribution in [1.82, 2.24) is 21.3 Å². The Hall–Kier alpha value is -3.72. The maximum Gasteiger partial charge on any atom is 0.161 e. The molecule has 4 heterocycles. The van der Waals surface area contributed by atoms with Crippen LogP contribution >= 0.6 is 49.6 Å². The van der Waals surface area contributed by atoms with E-state index in [4.69, 9.17) is 37.9 Å². The van der Waals surface area contributed by atoms with Crippen LogP contribution in [0, 0.1) is 11.8 Å². The zero-order valence-corrected chi connectivity index (χ0v) is 47.0. The van der Waals surface area contributed by atoms with Gasteiger partial charge in [-0.3, -0.25) is 0 Å². The fourth-order valence-electron chi connectivity index (χ4n) is 11.9. The first-order valence-electron chi connectivity index (χ1n) is 25.2. The van der Waals surface area contributed by atoms with Gasteiger partial charge in [0, 0.05) is 24.2 Å². The lowest BCUT2D eigenvalue weighted by atomic mass is 9.80. The standard InChI is InChI=1S/C56H78N4O8.4ClH/c1-61-49-27-37-19-23-57-45(41(37)31-53(49)65-5)15-11-35(12-16-46-42-32-54(66-6)50(62-2)28-38(42)20-24-58-46)9-10-36(13-17-47-43-33-55(67-7)51(63-3)29-39(43)21-25-59-47)14-18-48-44-34-56(68-8)52(64-4)30-40(44)22-26-60-48;;;;/h27-36,45-48,57-60H,9-26H2,1-8H3;4*1H. The third-order valence-electron chi connectivity index (χ3n) is 15.7. The Morgan fingerprint density at radius 3 is 0.708 bits per heavy atom. The summed E-state index contributed by atoms with van der Waals surface area (Å²) in [7, 11) is 13.9. The van der Waals surface area contributed by atoms with Crippen LogP contribution in [0.15, 0.2) is 48.5 Å². The summed E-state index contributed by atoms with van der Waals surface area (Å²) in [6.45, 7) is 3.84. The van der Waals surface area contributed by atoms with Crippen molar-refractivity contribution >= 4 is 49.6 Å². The first-order chi connectivity index (χ1) is 33.3. The van der Waals surface area contributed by atoms with Gasteiger partial charge in [-0.05, 0) is 208 Å². The molecule has 0 amide bonds. The van der Waals surface area contributed by atoms with Crippen molar-refractivity contribution in [3.05, 3.63) is 93.0 Å². The van der Waals surface area contributed by atoms with E-state index >= 15 is 0 Å². The van der Waals surface area contributed by atoms with Crippen LogP contribution < -0.4 is 59.2 Å². The average molecular weight is 1080 g/mol. The maximum atomic E-state index is 5.81. The summed E-state index contributed by atoms with van der Waals surface area (Å²) in [6, 6.07) is 18.7. The molecule has 402 valence electrons. The van der Waals surface area contributed by atoms with Gasteiger partial charge < -0.3 is 59.2 Å². The molecule has 4 unspecified atom stereocenters. The van der Waals surface area contributed by atoms with Crippen LogP contribution in [-0.2, 0) is 25.7 Å². The van der Waals surface area contributed by atoms with Crippen LogP contribution in [0.3, 0.4) is 0 Å². The molecule has 4 aromatic carbocycles.